The summed E-state index contributed by atoms with van der Waals surface area (Å²) in [7, 11) is 0. The van der Waals surface area contributed by atoms with Crippen LogP contribution in [0.3, 0.4) is 0 Å². The molecule has 2 aromatic carbocycles. The van der Waals surface area contributed by atoms with Gasteiger partial charge in [0.2, 0.25) is 0 Å². The van der Waals surface area contributed by atoms with Gasteiger partial charge < -0.3 is 10.0 Å². The molecule has 1 amide bonds. The molecule has 0 aromatic heterocycles. The lowest BCUT2D eigenvalue weighted by Gasteiger charge is -2.33. The van der Waals surface area contributed by atoms with E-state index >= 15 is 0 Å². The van der Waals surface area contributed by atoms with Crippen molar-refractivity contribution in [1.29, 1.82) is 0 Å². The minimum absolute atomic E-state index is 0.0200. The van der Waals surface area contributed by atoms with Gasteiger partial charge in [0.05, 0.1) is 5.57 Å². The Balaban J connectivity index is 2.95. The highest BCUT2D eigenvalue weighted by Crippen LogP contribution is 2.35. The fraction of sp³-hybridized carbons (Fsp3) is 0.444. The summed E-state index contributed by atoms with van der Waals surface area (Å²) in [6.45, 7) is 20.2. The van der Waals surface area contributed by atoms with Gasteiger partial charge in [-0.25, -0.2) is 0 Å². The normalized spacial score (nSPS) is 12.4. The van der Waals surface area contributed by atoms with Crippen LogP contribution in [-0.2, 0) is 4.79 Å². The number of aliphatic hydroxyl groups excluding tert-OH is 1. The number of benzene rings is 2. The number of aliphatic hydroxyl groups is 1. The molecule has 0 unspecified atom stereocenters. The number of hydrogen-bond acceptors (Lipinski definition) is 2. The van der Waals surface area contributed by atoms with Crippen molar-refractivity contribution < 1.29 is 9.90 Å². The number of rotatable bonds is 5. The standard InChI is InChI=1S/C27H37NO2/c1-15(2)28(16(3)4)27(30)25(23-19(7)11-17(5)12-20(23)8)26(29)24-21(9)13-18(6)14-22(24)10/h11-16,29H,1-10H3/b26-25-. The number of hydrogen-bond donors (Lipinski definition) is 1. The van der Waals surface area contributed by atoms with Crippen molar-refractivity contribution in [3.8, 4) is 0 Å². The highest BCUT2D eigenvalue weighted by molar-refractivity contribution is 6.26. The zero-order chi connectivity index (χ0) is 22.9. The highest BCUT2D eigenvalue weighted by Gasteiger charge is 2.30. The predicted octanol–water partition coefficient (Wildman–Crippen LogP) is 6.61. The van der Waals surface area contributed by atoms with E-state index in [1.54, 1.807) is 0 Å². The van der Waals surface area contributed by atoms with Gasteiger partial charge in [0.25, 0.3) is 5.91 Å². The summed E-state index contributed by atoms with van der Waals surface area (Å²) < 4.78 is 0. The quantitative estimate of drug-likeness (QED) is 0.344. The topological polar surface area (TPSA) is 40.5 Å². The molecule has 1 N–H and O–H groups in total. The third-order valence-corrected chi connectivity index (χ3v) is 5.64. The van der Waals surface area contributed by atoms with Crippen molar-refractivity contribution >= 4 is 17.2 Å². The number of nitrogens with zero attached hydrogens (tertiary/aromatic N) is 1. The largest absolute Gasteiger partial charge is 0.506 e. The second-order valence-corrected chi connectivity index (χ2v) is 9.17. The average Bonchev–Trinajstić information content (AvgIpc) is 2.55. The Kier molecular flexibility index (Phi) is 7.18. The fourth-order valence-corrected chi connectivity index (χ4v) is 4.77. The van der Waals surface area contributed by atoms with E-state index < -0.39 is 0 Å². The summed E-state index contributed by atoms with van der Waals surface area (Å²) >= 11 is 0. The lowest BCUT2D eigenvalue weighted by molar-refractivity contribution is -0.128. The van der Waals surface area contributed by atoms with Crippen molar-refractivity contribution in [2.24, 2.45) is 0 Å². The summed E-state index contributed by atoms with van der Waals surface area (Å²) in [6.07, 6.45) is 0. The minimum Gasteiger partial charge on any atom is -0.506 e. The lowest BCUT2D eigenvalue weighted by atomic mass is 9.88. The van der Waals surface area contributed by atoms with E-state index in [0.717, 1.165) is 44.5 Å². The van der Waals surface area contributed by atoms with Crippen LogP contribution < -0.4 is 0 Å². The molecule has 0 spiro atoms. The van der Waals surface area contributed by atoms with Crippen molar-refractivity contribution in [2.75, 3.05) is 0 Å². The summed E-state index contributed by atoms with van der Waals surface area (Å²) in [4.78, 5) is 15.8. The van der Waals surface area contributed by atoms with Gasteiger partial charge >= 0.3 is 0 Å². The van der Waals surface area contributed by atoms with Gasteiger partial charge in [-0.15, -0.1) is 0 Å². The highest BCUT2D eigenvalue weighted by atomic mass is 16.3. The van der Waals surface area contributed by atoms with Crippen LogP contribution in [0.15, 0.2) is 24.3 Å². The Labute approximate surface area is 182 Å². The summed E-state index contributed by atoms with van der Waals surface area (Å²) in [6, 6.07) is 8.30. The van der Waals surface area contributed by atoms with E-state index in [2.05, 4.69) is 31.2 Å². The molecule has 0 aliphatic heterocycles. The van der Waals surface area contributed by atoms with Crippen molar-refractivity contribution in [3.05, 3.63) is 68.8 Å². The molecule has 30 heavy (non-hydrogen) atoms. The zero-order valence-corrected chi connectivity index (χ0v) is 20.3. The molecule has 0 saturated carbocycles. The van der Waals surface area contributed by atoms with Crippen LogP contribution in [0.25, 0.3) is 11.3 Å². The monoisotopic (exact) mass is 407 g/mol. The van der Waals surface area contributed by atoms with E-state index in [4.69, 9.17) is 0 Å². The summed E-state index contributed by atoms with van der Waals surface area (Å²) in [5, 5.41) is 11.6. The first-order valence-electron chi connectivity index (χ1n) is 10.8. The zero-order valence-electron chi connectivity index (χ0n) is 20.3. The van der Waals surface area contributed by atoms with Gasteiger partial charge in [-0.2, -0.15) is 0 Å². The third-order valence-electron chi connectivity index (χ3n) is 5.64. The third kappa shape index (κ3) is 4.61. The van der Waals surface area contributed by atoms with Crippen LogP contribution in [0.2, 0.25) is 0 Å². The molecule has 0 bridgehead atoms. The van der Waals surface area contributed by atoms with Gasteiger partial charge in [0.15, 0.2) is 0 Å². The van der Waals surface area contributed by atoms with E-state index in [0.29, 0.717) is 5.57 Å². The number of carbonyl (C=O) groups excluding carboxylic acids is 1. The first-order chi connectivity index (χ1) is 13.9. The summed E-state index contributed by atoms with van der Waals surface area (Å²) in [5.41, 5.74) is 8.19. The van der Waals surface area contributed by atoms with Crippen molar-refractivity contribution in [3.63, 3.8) is 0 Å². The maximum Gasteiger partial charge on any atom is 0.258 e. The average molecular weight is 408 g/mol. The van der Waals surface area contributed by atoms with Crippen LogP contribution in [0, 0.1) is 41.5 Å². The van der Waals surface area contributed by atoms with Crippen molar-refractivity contribution in [1.82, 2.24) is 4.90 Å². The van der Waals surface area contributed by atoms with Gasteiger partial charge in [-0.1, -0.05) is 35.4 Å². The number of amides is 1. The molecule has 3 nitrogen and oxygen atoms in total. The number of aryl methyl sites for hydroxylation is 6. The molecule has 3 heteroatoms. The number of carbonyl (C=O) groups is 1. The molecular weight excluding hydrogens is 370 g/mol. The second-order valence-electron chi connectivity index (χ2n) is 9.17. The first-order valence-corrected chi connectivity index (χ1v) is 10.8. The molecule has 0 aliphatic carbocycles. The predicted molar refractivity (Wildman–Crippen MR) is 128 cm³/mol. The van der Waals surface area contributed by atoms with Crippen molar-refractivity contribution in [2.45, 2.75) is 81.3 Å². The van der Waals surface area contributed by atoms with Crippen LogP contribution in [-0.4, -0.2) is 28.0 Å². The molecule has 0 fully saturated rings. The second kappa shape index (κ2) is 9.07. The van der Waals surface area contributed by atoms with Crippen LogP contribution in [0.5, 0.6) is 0 Å². The minimum atomic E-state index is -0.132. The van der Waals surface area contributed by atoms with Crippen LogP contribution in [0.1, 0.15) is 72.2 Å². The Bertz CT molecular complexity index is 942. The van der Waals surface area contributed by atoms with Crippen LogP contribution >= 0.6 is 0 Å². The Morgan fingerprint density at radius 3 is 1.37 bits per heavy atom. The Morgan fingerprint density at radius 2 is 1.03 bits per heavy atom. The lowest BCUT2D eigenvalue weighted by Crippen LogP contribution is -2.42. The SMILES string of the molecule is Cc1cc(C)c(/C(O)=C(/C(=O)N(C(C)C)C(C)C)c2c(C)cc(C)cc2C)c(C)c1. The molecule has 0 saturated heterocycles. The maximum atomic E-state index is 13.9. The Hall–Kier alpha value is -2.55. The van der Waals surface area contributed by atoms with E-state index in [1.165, 1.54) is 0 Å². The molecule has 0 heterocycles. The molecule has 2 rings (SSSR count). The fourth-order valence-electron chi connectivity index (χ4n) is 4.77. The van der Waals surface area contributed by atoms with Gasteiger partial charge in [0.1, 0.15) is 5.76 Å². The molecule has 0 atom stereocenters. The van der Waals surface area contributed by atoms with Gasteiger partial charge in [-0.05, 0) is 97.1 Å². The molecule has 2 aromatic rings. The van der Waals surface area contributed by atoms with Crippen LogP contribution in [0.4, 0.5) is 0 Å². The molecule has 0 radical (unpaired) electrons. The van der Waals surface area contributed by atoms with E-state index in [1.807, 2.05) is 67.2 Å². The molecule has 162 valence electrons. The molecule has 0 aliphatic rings. The molecular formula is C27H37NO2. The van der Waals surface area contributed by atoms with E-state index in [9.17, 15) is 9.90 Å². The van der Waals surface area contributed by atoms with Gasteiger partial charge in [-0.3, -0.25) is 4.79 Å². The maximum absolute atomic E-state index is 13.9. The summed E-state index contributed by atoms with van der Waals surface area (Å²) in [5.74, 6) is -0.0664. The van der Waals surface area contributed by atoms with E-state index in [-0.39, 0.29) is 23.8 Å². The van der Waals surface area contributed by atoms with Gasteiger partial charge in [0, 0.05) is 17.6 Å². The Morgan fingerprint density at radius 1 is 0.700 bits per heavy atom. The first kappa shape index (κ1) is 23.7. The smallest absolute Gasteiger partial charge is 0.258 e.